The average molecular weight is 454 g/mol. The van der Waals surface area contributed by atoms with Crippen LogP contribution in [-0.2, 0) is 17.8 Å². The Morgan fingerprint density at radius 1 is 1.00 bits per heavy atom. The van der Waals surface area contributed by atoms with E-state index < -0.39 is 0 Å². The van der Waals surface area contributed by atoms with Crippen molar-refractivity contribution in [2.24, 2.45) is 0 Å². The standard InChI is InChI=1S/C29H31N3O2/c1-4-22-9-5-7-11-26(22)32-19-23(18-28(32)33)29-30-25-10-6-8-12-27(25)31(29)15-16-34-24-14-13-20(2)21(3)17-24/h5-14,17,23H,4,15-16,18-19H2,1-3H3. The Labute approximate surface area is 201 Å². The van der Waals surface area contributed by atoms with Gasteiger partial charge in [0.25, 0.3) is 0 Å². The zero-order valence-electron chi connectivity index (χ0n) is 20.1. The number of para-hydroxylation sites is 3. The number of nitrogens with zero attached hydrogens (tertiary/aromatic N) is 3. The molecule has 1 amide bonds. The molecular formula is C29H31N3O2. The first-order chi connectivity index (χ1) is 16.5. The molecule has 0 aliphatic carbocycles. The molecule has 1 aliphatic heterocycles. The van der Waals surface area contributed by atoms with E-state index in [0.29, 0.717) is 26.1 Å². The van der Waals surface area contributed by atoms with Crippen molar-refractivity contribution < 1.29 is 9.53 Å². The summed E-state index contributed by atoms with van der Waals surface area (Å²) < 4.78 is 8.34. The Kier molecular flexibility index (Phi) is 6.10. The number of hydrogen-bond donors (Lipinski definition) is 0. The zero-order chi connectivity index (χ0) is 23.7. The minimum Gasteiger partial charge on any atom is -0.492 e. The van der Waals surface area contributed by atoms with Crippen molar-refractivity contribution >= 4 is 22.6 Å². The number of fused-ring (bicyclic) bond motifs is 1. The first-order valence-corrected chi connectivity index (χ1v) is 12.1. The van der Waals surface area contributed by atoms with Gasteiger partial charge < -0.3 is 14.2 Å². The number of amides is 1. The van der Waals surface area contributed by atoms with Crippen molar-refractivity contribution in [2.75, 3.05) is 18.1 Å². The van der Waals surface area contributed by atoms with E-state index in [4.69, 9.17) is 9.72 Å². The molecule has 1 atom stereocenters. The monoisotopic (exact) mass is 453 g/mol. The third kappa shape index (κ3) is 4.18. The van der Waals surface area contributed by atoms with E-state index in [9.17, 15) is 4.79 Å². The number of carbonyl (C=O) groups excluding carboxylic acids is 1. The molecule has 1 unspecified atom stereocenters. The number of benzene rings is 3. The van der Waals surface area contributed by atoms with E-state index in [1.807, 2.05) is 41.3 Å². The van der Waals surface area contributed by atoms with Crippen LogP contribution in [0.4, 0.5) is 5.69 Å². The molecule has 0 bridgehead atoms. The third-order valence-electron chi connectivity index (χ3n) is 6.90. The first kappa shape index (κ1) is 22.2. The smallest absolute Gasteiger partial charge is 0.227 e. The van der Waals surface area contributed by atoms with Crippen molar-refractivity contribution in [3.8, 4) is 5.75 Å². The highest BCUT2D eigenvalue weighted by atomic mass is 16.5. The molecule has 0 N–H and O–H groups in total. The third-order valence-corrected chi connectivity index (χ3v) is 6.90. The van der Waals surface area contributed by atoms with Crippen molar-refractivity contribution in [1.29, 1.82) is 0 Å². The number of anilines is 1. The Bertz CT molecular complexity index is 1340. The lowest BCUT2D eigenvalue weighted by molar-refractivity contribution is -0.117. The molecule has 1 saturated heterocycles. The Morgan fingerprint density at radius 2 is 1.79 bits per heavy atom. The lowest BCUT2D eigenvalue weighted by Crippen LogP contribution is -2.25. The Morgan fingerprint density at radius 3 is 2.62 bits per heavy atom. The second kappa shape index (κ2) is 9.34. The van der Waals surface area contributed by atoms with Gasteiger partial charge in [0.2, 0.25) is 5.91 Å². The van der Waals surface area contributed by atoms with E-state index in [-0.39, 0.29) is 11.8 Å². The molecule has 2 heterocycles. The highest BCUT2D eigenvalue weighted by Crippen LogP contribution is 2.34. The maximum Gasteiger partial charge on any atom is 0.227 e. The van der Waals surface area contributed by atoms with Gasteiger partial charge in [-0.3, -0.25) is 4.79 Å². The van der Waals surface area contributed by atoms with Crippen LogP contribution < -0.4 is 9.64 Å². The topological polar surface area (TPSA) is 47.4 Å². The maximum absolute atomic E-state index is 13.1. The fourth-order valence-corrected chi connectivity index (χ4v) is 4.89. The predicted octanol–water partition coefficient (Wildman–Crippen LogP) is 5.82. The largest absolute Gasteiger partial charge is 0.492 e. The number of aryl methyl sites for hydroxylation is 3. The van der Waals surface area contributed by atoms with E-state index in [1.165, 1.54) is 16.7 Å². The summed E-state index contributed by atoms with van der Waals surface area (Å²) in [7, 11) is 0. The number of aromatic nitrogens is 2. The average Bonchev–Trinajstić information content (AvgIpc) is 3.42. The summed E-state index contributed by atoms with van der Waals surface area (Å²) >= 11 is 0. The van der Waals surface area contributed by atoms with E-state index in [2.05, 4.69) is 55.7 Å². The first-order valence-electron chi connectivity index (χ1n) is 12.1. The van der Waals surface area contributed by atoms with Gasteiger partial charge in [0.05, 0.1) is 17.6 Å². The number of imidazole rings is 1. The van der Waals surface area contributed by atoms with Crippen LogP contribution >= 0.6 is 0 Å². The molecule has 5 rings (SSSR count). The number of rotatable bonds is 7. The van der Waals surface area contributed by atoms with Gasteiger partial charge in [-0.1, -0.05) is 43.3 Å². The highest BCUT2D eigenvalue weighted by molar-refractivity contribution is 5.97. The minimum atomic E-state index is 0.0476. The predicted molar refractivity (Wildman–Crippen MR) is 137 cm³/mol. The second-order valence-corrected chi connectivity index (χ2v) is 9.09. The molecule has 174 valence electrons. The molecule has 5 heteroatoms. The summed E-state index contributed by atoms with van der Waals surface area (Å²) in [5, 5.41) is 0. The minimum absolute atomic E-state index is 0.0476. The molecule has 5 nitrogen and oxygen atoms in total. The van der Waals surface area contributed by atoms with Gasteiger partial charge >= 0.3 is 0 Å². The van der Waals surface area contributed by atoms with Gasteiger partial charge in [0.1, 0.15) is 18.2 Å². The summed E-state index contributed by atoms with van der Waals surface area (Å²) in [5.41, 5.74) is 6.76. The van der Waals surface area contributed by atoms with Crippen molar-refractivity contribution in [2.45, 2.75) is 46.1 Å². The SMILES string of the molecule is CCc1ccccc1N1CC(c2nc3ccccc3n2CCOc2ccc(C)c(C)c2)CC1=O. The highest BCUT2D eigenvalue weighted by Gasteiger charge is 2.35. The van der Waals surface area contributed by atoms with Crippen molar-refractivity contribution in [1.82, 2.24) is 9.55 Å². The summed E-state index contributed by atoms with van der Waals surface area (Å²) in [6.07, 6.45) is 1.37. The van der Waals surface area contributed by atoms with Crippen LogP contribution in [0.25, 0.3) is 11.0 Å². The molecule has 0 spiro atoms. The Hall–Kier alpha value is -3.60. The molecule has 3 aromatic carbocycles. The fraction of sp³-hybridized carbons (Fsp3) is 0.310. The van der Waals surface area contributed by atoms with Crippen LogP contribution in [0.2, 0.25) is 0 Å². The quantitative estimate of drug-likeness (QED) is 0.354. The van der Waals surface area contributed by atoms with E-state index in [0.717, 1.165) is 34.7 Å². The van der Waals surface area contributed by atoms with Crippen molar-refractivity contribution in [3.05, 3.63) is 89.2 Å². The van der Waals surface area contributed by atoms with Crippen LogP contribution in [0.5, 0.6) is 5.75 Å². The summed E-state index contributed by atoms with van der Waals surface area (Å²) in [5.74, 6) is 2.06. The van der Waals surface area contributed by atoms with Gasteiger partial charge in [0, 0.05) is 24.6 Å². The number of carbonyl (C=O) groups is 1. The number of hydrogen-bond acceptors (Lipinski definition) is 3. The Balaban J connectivity index is 1.40. The lowest BCUT2D eigenvalue weighted by Gasteiger charge is -2.20. The fourth-order valence-electron chi connectivity index (χ4n) is 4.89. The van der Waals surface area contributed by atoms with Crippen LogP contribution in [0.1, 0.15) is 41.8 Å². The molecule has 1 aliphatic rings. The second-order valence-electron chi connectivity index (χ2n) is 9.09. The number of ether oxygens (including phenoxy) is 1. The van der Waals surface area contributed by atoms with Crippen molar-refractivity contribution in [3.63, 3.8) is 0 Å². The summed E-state index contributed by atoms with van der Waals surface area (Å²) in [6.45, 7) is 8.21. The summed E-state index contributed by atoms with van der Waals surface area (Å²) in [6, 6.07) is 22.6. The van der Waals surface area contributed by atoms with Gasteiger partial charge in [-0.25, -0.2) is 4.98 Å². The molecule has 0 saturated carbocycles. The summed E-state index contributed by atoms with van der Waals surface area (Å²) in [4.78, 5) is 20.0. The lowest BCUT2D eigenvalue weighted by atomic mass is 10.1. The van der Waals surface area contributed by atoms with E-state index >= 15 is 0 Å². The van der Waals surface area contributed by atoms with Crippen LogP contribution in [0.3, 0.4) is 0 Å². The molecule has 1 fully saturated rings. The van der Waals surface area contributed by atoms with Crippen LogP contribution in [0, 0.1) is 13.8 Å². The van der Waals surface area contributed by atoms with E-state index in [1.54, 1.807) is 0 Å². The molecule has 0 radical (unpaired) electrons. The molecule has 1 aromatic heterocycles. The van der Waals surface area contributed by atoms with Gasteiger partial charge in [-0.05, 0) is 67.3 Å². The molecular weight excluding hydrogens is 422 g/mol. The molecule has 34 heavy (non-hydrogen) atoms. The van der Waals surface area contributed by atoms with Crippen LogP contribution in [-0.4, -0.2) is 28.6 Å². The van der Waals surface area contributed by atoms with Gasteiger partial charge in [0.15, 0.2) is 0 Å². The van der Waals surface area contributed by atoms with Crippen LogP contribution in [0.15, 0.2) is 66.7 Å². The maximum atomic E-state index is 13.1. The van der Waals surface area contributed by atoms with Gasteiger partial charge in [-0.2, -0.15) is 0 Å². The normalized spacial score (nSPS) is 15.9. The zero-order valence-corrected chi connectivity index (χ0v) is 20.1. The molecule has 4 aromatic rings. The van der Waals surface area contributed by atoms with Gasteiger partial charge in [-0.15, -0.1) is 0 Å².